The molecule has 0 bridgehead atoms. The van der Waals surface area contributed by atoms with Crippen LogP contribution >= 0.6 is 12.6 Å². The molecule has 0 atom stereocenters. The maximum Gasteiger partial charge on any atom is 0.0771 e. The van der Waals surface area contributed by atoms with Crippen molar-refractivity contribution in [3.63, 3.8) is 0 Å². The van der Waals surface area contributed by atoms with Gasteiger partial charge in [0.25, 0.3) is 0 Å². The van der Waals surface area contributed by atoms with Gasteiger partial charge in [-0.2, -0.15) is 5.06 Å². The van der Waals surface area contributed by atoms with Crippen molar-refractivity contribution in [2.75, 3.05) is 0 Å². The van der Waals surface area contributed by atoms with Gasteiger partial charge >= 0.3 is 0 Å². The van der Waals surface area contributed by atoms with Crippen LogP contribution in [0, 0.1) is 0 Å². The molecule has 1 aliphatic heterocycles. The molecule has 1 N–H and O–H groups in total. The Bertz CT molecular complexity index is 327. The smallest absolute Gasteiger partial charge is 0.0771 e. The molecule has 0 saturated heterocycles. The van der Waals surface area contributed by atoms with Gasteiger partial charge in [-0.25, -0.2) is 0 Å². The standard InChI is InChI=1S/C14H23NOS/c16-15-13(7-3-1-4-8-13)11-12(17)14(15)9-5-2-6-10-14/h11,16-17H,1-10H2. The molecule has 0 unspecified atom stereocenters. The molecule has 3 aliphatic rings. The maximum atomic E-state index is 10.8. The molecule has 0 radical (unpaired) electrons. The highest BCUT2D eigenvalue weighted by molar-refractivity contribution is 7.84. The third-order valence-corrected chi connectivity index (χ3v) is 5.65. The summed E-state index contributed by atoms with van der Waals surface area (Å²) < 4.78 is 0. The molecule has 2 fully saturated rings. The van der Waals surface area contributed by atoms with E-state index >= 15 is 0 Å². The highest BCUT2D eigenvalue weighted by Gasteiger charge is 2.54. The molecule has 0 amide bonds. The number of hydrogen-bond donors (Lipinski definition) is 2. The van der Waals surface area contributed by atoms with E-state index in [1.807, 2.05) is 0 Å². The molecule has 17 heavy (non-hydrogen) atoms. The molecule has 1 heterocycles. The zero-order valence-electron chi connectivity index (χ0n) is 10.5. The monoisotopic (exact) mass is 253 g/mol. The summed E-state index contributed by atoms with van der Waals surface area (Å²) in [5.74, 6) is 0. The van der Waals surface area contributed by atoms with Crippen molar-refractivity contribution in [3.05, 3.63) is 11.0 Å². The highest BCUT2D eigenvalue weighted by atomic mass is 32.1. The second kappa shape index (κ2) is 4.29. The van der Waals surface area contributed by atoms with Crippen LogP contribution in [0.15, 0.2) is 11.0 Å². The Morgan fingerprint density at radius 1 is 0.941 bits per heavy atom. The lowest BCUT2D eigenvalue weighted by Gasteiger charge is -2.47. The third-order valence-electron chi connectivity index (χ3n) is 5.11. The Morgan fingerprint density at radius 2 is 1.47 bits per heavy atom. The zero-order valence-corrected chi connectivity index (χ0v) is 11.4. The average molecular weight is 253 g/mol. The molecule has 2 saturated carbocycles. The first-order valence-electron chi connectivity index (χ1n) is 7.11. The second-order valence-electron chi connectivity index (χ2n) is 6.10. The normalized spacial score (nSPS) is 32.0. The summed E-state index contributed by atoms with van der Waals surface area (Å²) in [6.07, 6.45) is 14.2. The van der Waals surface area contributed by atoms with Crippen molar-refractivity contribution in [1.29, 1.82) is 0 Å². The first-order valence-corrected chi connectivity index (χ1v) is 7.56. The van der Waals surface area contributed by atoms with Crippen molar-refractivity contribution < 1.29 is 5.21 Å². The van der Waals surface area contributed by atoms with Crippen molar-refractivity contribution in [2.45, 2.75) is 75.3 Å². The molecule has 2 nitrogen and oxygen atoms in total. The Labute approximate surface area is 109 Å². The number of thiol groups is 1. The van der Waals surface area contributed by atoms with E-state index in [9.17, 15) is 5.21 Å². The predicted octanol–water partition coefficient (Wildman–Crippen LogP) is 3.91. The van der Waals surface area contributed by atoms with E-state index in [0.29, 0.717) is 0 Å². The fourth-order valence-corrected chi connectivity index (χ4v) is 4.67. The lowest BCUT2D eigenvalue weighted by atomic mass is 9.80. The Kier molecular flexibility index (Phi) is 3.04. The molecule has 0 aromatic carbocycles. The topological polar surface area (TPSA) is 23.5 Å². The average Bonchev–Trinajstić information content (AvgIpc) is 2.55. The van der Waals surface area contributed by atoms with Gasteiger partial charge in [0.15, 0.2) is 0 Å². The fraction of sp³-hybridized carbons (Fsp3) is 0.857. The largest absolute Gasteiger partial charge is 0.312 e. The molecule has 2 spiro atoms. The minimum absolute atomic E-state index is 0.0767. The van der Waals surface area contributed by atoms with Crippen molar-refractivity contribution in [1.82, 2.24) is 5.06 Å². The van der Waals surface area contributed by atoms with E-state index in [1.54, 1.807) is 5.06 Å². The SMILES string of the molecule is ON1C2(C=C(S)C13CCCCC3)CCCCC2. The van der Waals surface area contributed by atoms with Gasteiger partial charge in [-0.05, 0) is 25.7 Å². The summed E-state index contributed by atoms with van der Waals surface area (Å²) in [5, 5.41) is 12.5. The number of hydrogen-bond acceptors (Lipinski definition) is 3. The van der Waals surface area contributed by atoms with Crippen molar-refractivity contribution in [2.24, 2.45) is 0 Å². The first-order chi connectivity index (χ1) is 8.20. The second-order valence-corrected chi connectivity index (χ2v) is 6.58. The summed E-state index contributed by atoms with van der Waals surface area (Å²) >= 11 is 4.72. The summed E-state index contributed by atoms with van der Waals surface area (Å²) in [6, 6.07) is 0. The van der Waals surface area contributed by atoms with Gasteiger partial charge in [0.2, 0.25) is 0 Å². The lowest BCUT2D eigenvalue weighted by molar-refractivity contribution is -0.218. The highest BCUT2D eigenvalue weighted by Crippen LogP contribution is 2.52. The van der Waals surface area contributed by atoms with E-state index in [2.05, 4.69) is 6.08 Å². The van der Waals surface area contributed by atoms with Gasteiger partial charge in [0.05, 0.1) is 11.1 Å². The quantitative estimate of drug-likeness (QED) is 0.639. The van der Waals surface area contributed by atoms with Crippen LogP contribution in [0.25, 0.3) is 0 Å². The van der Waals surface area contributed by atoms with E-state index in [0.717, 1.165) is 30.6 Å². The molecule has 96 valence electrons. The maximum absolute atomic E-state index is 10.8. The Balaban J connectivity index is 1.91. The first kappa shape index (κ1) is 12.1. The minimum atomic E-state index is -0.126. The van der Waals surface area contributed by atoms with Crippen molar-refractivity contribution >= 4 is 12.6 Å². The Morgan fingerprint density at radius 3 is 2.06 bits per heavy atom. The summed E-state index contributed by atoms with van der Waals surface area (Å²) in [5.41, 5.74) is -0.203. The van der Waals surface area contributed by atoms with Gasteiger partial charge in [0.1, 0.15) is 0 Å². The van der Waals surface area contributed by atoms with E-state index in [-0.39, 0.29) is 11.1 Å². The summed E-state index contributed by atoms with van der Waals surface area (Å²) in [7, 11) is 0. The van der Waals surface area contributed by atoms with Crippen LogP contribution in [0.2, 0.25) is 0 Å². The molecule has 3 rings (SSSR count). The molecule has 0 aromatic heterocycles. The fourth-order valence-electron chi connectivity index (χ4n) is 4.11. The van der Waals surface area contributed by atoms with Crippen LogP contribution in [-0.2, 0) is 0 Å². The van der Waals surface area contributed by atoms with E-state index in [4.69, 9.17) is 12.6 Å². The van der Waals surface area contributed by atoms with Crippen LogP contribution in [0.4, 0.5) is 0 Å². The third kappa shape index (κ3) is 1.70. The summed E-state index contributed by atoms with van der Waals surface area (Å²) in [4.78, 5) is 1.14. The van der Waals surface area contributed by atoms with Gasteiger partial charge in [-0.1, -0.05) is 44.6 Å². The lowest BCUT2D eigenvalue weighted by Crippen LogP contribution is -2.55. The van der Waals surface area contributed by atoms with Crippen LogP contribution in [0.5, 0.6) is 0 Å². The molecule has 2 aliphatic carbocycles. The number of hydroxylamine groups is 2. The zero-order chi connectivity index (χ0) is 11.9. The predicted molar refractivity (Wildman–Crippen MR) is 72.3 cm³/mol. The van der Waals surface area contributed by atoms with E-state index < -0.39 is 0 Å². The Hall–Kier alpha value is 0.01000. The van der Waals surface area contributed by atoms with Gasteiger partial charge in [-0.3, -0.25) is 0 Å². The van der Waals surface area contributed by atoms with Crippen LogP contribution in [-0.4, -0.2) is 21.3 Å². The number of nitrogens with zero attached hydrogens (tertiary/aromatic N) is 1. The molecular weight excluding hydrogens is 230 g/mol. The minimum Gasteiger partial charge on any atom is -0.312 e. The summed E-state index contributed by atoms with van der Waals surface area (Å²) in [6.45, 7) is 0. The van der Waals surface area contributed by atoms with Crippen molar-refractivity contribution in [3.8, 4) is 0 Å². The van der Waals surface area contributed by atoms with Crippen LogP contribution in [0.3, 0.4) is 0 Å². The van der Waals surface area contributed by atoms with Gasteiger partial charge < -0.3 is 5.21 Å². The van der Waals surface area contributed by atoms with Gasteiger partial charge in [0, 0.05) is 4.91 Å². The van der Waals surface area contributed by atoms with Gasteiger partial charge in [-0.15, -0.1) is 12.6 Å². The van der Waals surface area contributed by atoms with E-state index in [1.165, 1.54) is 38.5 Å². The number of rotatable bonds is 0. The molecule has 3 heteroatoms. The molecular formula is C14H23NOS. The van der Waals surface area contributed by atoms with Crippen LogP contribution in [0.1, 0.15) is 64.2 Å². The van der Waals surface area contributed by atoms with Crippen LogP contribution < -0.4 is 0 Å². The molecule has 0 aromatic rings.